The molecule has 1 N–H and O–H groups in total. The largest absolute Gasteiger partial charge is 0.481 e. The molecule has 24 heavy (non-hydrogen) atoms. The lowest BCUT2D eigenvalue weighted by atomic mass is 9.82. The van der Waals surface area contributed by atoms with E-state index in [1.54, 1.807) is 6.92 Å². The van der Waals surface area contributed by atoms with Gasteiger partial charge in [0.15, 0.2) is 5.69 Å². The van der Waals surface area contributed by atoms with E-state index in [0.29, 0.717) is 25.1 Å². The number of carbonyl (C=O) groups is 2. The van der Waals surface area contributed by atoms with Crippen LogP contribution in [0.1, 0.15) is 30.3 Å². The Balaban J connectivity index is 1.78. The number of rotatable bonds is 3. The summed E-state index contributed by atoms with van der Waals surface area (Å²) in [6.45, 7) is 2.28. The van der Waals surface area contributed by atoms with Crippen molar-refractivity contribution in [3.8, 4) is 5.69 Å². The zero-order chi connectivity index (χ0) is 17.3. The van der Waals surface area contributed by atoms with Crippen LogP contribution in [0.5, 0.6) is 0 Å². The number of nitrogens with zero attached hydrogens (tertiary/aromatic N) is 4. The highest BCUT2D eigenvalue weighted by Gasteiger charge is 2.40. The first-order valence-corrected chi connectivity index (χ1v) is 7.60. The van der Waals surface area contributed by atoms with Crippen molar-refractivity contribution >= 4 is 11.9 Å². The van der Waals surface area contributed by atoms with E-state index in [9.17, 15) is 19.1 Å². The number of halogens is 1. The van der Waals surface area contributed by atoms with Crippen LogP contribution in [0.4, 0.5) is 4.39 Å². The molecule has 1 saturated heterocycles. The molecule has 1 fully saturated rings. The predicted octanol–water partition coefficient (Wildman–Crippen LogP) is 1.73. The summed E-state index contributed by atoms with van der Waals surface area (Å²) >= 11 is 0. The minimum absolute atomic E-state index is 0.133. The Morgan fingerprint density at radius 1 is 1.29 bits per heavy atom. The summed E-state index contributed by atoms with van der Waals surface area (Å²) in [7, 11) is 0. The number of carboxylic acids is 1. The molecule has 3 rings (SSSR count). The number of likely N-dealkylation sites (tertiary alicyclic amines) is 1. The molecule has 1 unspecified atom stereocenters. The second-order valence-electron chi connectivity index (χ2n) is 6.19. The number of piperidine rings is 1. The van der Waals surface area contributed by atoms with Crippen LogP contribution < -0.4 is 0 Å². The maximum Gasteiger partial charge on any atom is 0.311 e. The van der Waals surface area contributed by atoms with Gasteiger partial charge in [-0.25, -0.2) is 4.39 Å². The Hall–Kier alpha value is -2.77. The maximum atomic E-state index is 13.0. The normalized spacial score (nSPS) is 20.8. The smallest absolute Gasteiger partial charge is 0.311 e. The monoisotopic (exact) mass is 332 g/mol. The maximum absolute atomic E-state index is 13.0. The average Bonchev–Trinajstić information content (AvgIpc) is 3.04. The van der Waals surface area contributed by atoms with Gasteiger partial charge in [0.2, 0.25) is 0 Å². The first-order chi connectivity index (χ1) is 11.4. The van der Waals surface area contributed by atoms with Gasteiger partial charge in [0.05, 0.1) is 17.3 Å². The van der Waals surface area contributed by atoms with Crippen LogP contribution >= 0.6 is 0 Å². The van der Waals surface area contributed by atoms with E-state index >= 15 is 0 Å². The molecule has 1 aliphatic rings. The number of aliphatic carboxylic acids is 1. The van der Waals surface area contributed by atoms with Crippen LogP contribution in [0.2, 0.25) is 0 Å². The summed E-state index contributed by atoms with van der Waals surface area (Å²) in [5, 5.41) is 17.5. The molecule has 2 heterocycles. The van der Waals surface area contributed by atoms with Crippen LogP contribution in [-0.4, -0.2) is 50.0 Å². The number of hydrogen-bond acceptors (Lipinski definition) is 4. The Bertz CT molecular complexity index is 774. The van der Waals surface area contributed by atoms with Gasteiger partial charge < -0.3 is 10.0 Å². The zero-order valence-corrected chi connectivity index (χ0v) is 13.1. The van der Waals surface area contributed by atoms with Gasteiger partial charge in [0.25, 0.3) is 5.91 Å². The fraction of sp³-hybridized carbons (Fsp3) is 0.375. The van der Waals surface area contributed by atoms with Gasteiger partial charge in [-0.3, -0.25) is 9.59 Å². The lowest BCUT2D eigenvalue weighted by Gasteiger charge is -2.37. The van der Waals surface area contributed by atoms with Gasteiger partial charge in [-0.1, -0.05) is 0 Å². The molecule has 1 amide bonds. The second-order valence-corrected chi connectivity index (χ2v) is 6.19. The van der Waals surface area contributed by atoms with Crippen molar-refractivity contribution in [2.45, 2.75) is 19.8 Å². The van der Waals surface area contributed by atoms with Crippen molar-refractivity contribution in [2.24, 2.45) is 5.41 Å². The lowest BCUT2D eigenvalue weighted by molar-refractivity contribution is -0.150. The quantitative estimate of drug-likeness (QED) is 0.925. The Morgan fingerprint density at radius 2 is 2.00 bits per heavy atom. The van der Waals surface area contributed by atoms with Gasteiger partial charge >= 0.3 is 5.97 Å². The highest BCUT2D eigenvalue weighted by Crippen LogP contribution is 2.30. The molecule has 0 spiro atoms. The van der Waals surface area contributed by atoms with Gasteiger partial charge in [-0.15, -0.1) is 5.10 Å². The van der Waals surface area contributed by atoms with Crippen molar-refractivity contribution in [1.29, 1.82) is 0 Å². The Morgan fingerprint density at radius 3 is 2.67 bits per heavy atom. The molecular weight excluding hydrogens is 315 g/mol. The zero-order valence-electron chi connectivity index (χ0n) is 13.1. The van der Waals surface area contributed by atoms with Gasteiger partial charge in [0.1, 0.15) is 5.82 Å². The molecule has 0 radical (unpaired) electrons. The SMILES string of the molecule is CC1(C(=O)O)CCCN(C(=O)c2cnn(-c3ccc(F)cc3)n2)C1. The van der Waals surface area contributed by atoms with Crippen LogP contribution in [0.25, 0.3) is 5.69 Å². The number of benzene rings is 1. The van der Waals surface area contributed by atoms with Crippen LogP contribution in [0.15, 0.2) is 30.5 Å². The minimum atomic E-state index is -0.944. The summed E-state index contributed by atoms with van der Waals surface area (Å²) < 4.78 is 13.0. The minimum Gasteiger partial charge on any atom is -0.481 e. The third-order valence-electron chi connectivity index (χ3n) is 4.27. The third-order valence-corrected chi connectivity index (χ3v) is 4.27. The van der Waals surface area contributed by atoms with E-state index in [0.717, 1.165) is 0 Å². The topological polar surface area (TPSA) is 88.3 Å². The second kappa shape index (κ2) is 6.03. The van der Waals surface area contributed by atoms with Crippen molar-refractivity contribution in [3.05, 3.63) is 42.0 Å². The van der Waals surface area contributed by atoms with Crippen LogP contribution in [-0.2, 0) is 4.79 Å². The summed E-state index contributed by atoms with van der Waals surface area (Å²) in [5.41, 5.74) is -0.278. The molecule has 0 aliphatic carbocycles. The first-order valence-electron chi connectivity index (χ1n) is 7.60. The molecule has 1 aliphatic heterocycles. The third kappa shape index (κ3) is 2.99. The molecule has 2 aromatic rings. The van der Waals surface area contributed by atoms with Crippen molar-refractivity contribution in [3.63, 3.8) is 0 Å². The first kappa shape index (κ1) is 16.1. The molecule has 0 saturated carbocycles. The average molecular weight is 332 g/mol. The molecule has 0 bridgehead atoms. The van der Waals surface area contributed by atoms with E-state index in [1.807, 2.05) is 0 Å². The van der Waals surface area contributed by atoms with Crippen molar-refractivity contribution in [2.75, 3.05) is 13.1 Å². The Labute approximate surface area is 137 Å². The number of carbonyl (C=O) groups excluding carboxylic acids is 1. The van der Waals surface area contributed by atoms with Crippen molar-refractivity contribution in [1.82, 2.24) is 19.9 Å². The lowest BCUT2D eigenvalue weighted by Crippen LogP contribution is -2.48. The number of hydrogen-bond donors (Lipinski definition) is 1. The molecular formula is C16H17FN4O3. The van der Waals surface area contributed by atoms with E-state index < -0.39 is 11.4 Å². The summed E-state index contributed by atoms with van der Waals surface area (Å²) in [6, 6.07) is 5.57. The highest BCUT2D eigenvalue weighted by atomic mass is 19.1. The number of carboxylic acid groups (broad SMARTS) is 1. The fourth-order valence-electron chi connectivity index (χ4n) is 2.81. The van der Waals surface area contributed by atoms with E-state index in [-0.39, 0.29) is 24.0 Å². The van der Waals surface area contributed by atoms with E-state index in [4.69, 9.17) is 0 Å². The summed E-state index contributed by atoms with van der Waals surface area (Å²) in [5.74, 6) is -1.63. The molecule has 1 aromatic carbocycles. The number of aromatic nitrogens is 3. The molecule has 7 nitrogen and oxygen atoms in total. The molecule has 8 heteroatoms. The number of amides is 1. The van der Waals surface area contributed by atoms with Gasteiger partial charge in [0, 0.05) is 13.1 Å². The van der Waals surface area contributed by atoms with E-state index in [2.05, 4.69) is 10.2 Å². The molecule has 1 aromatic heterocycles. The van der Waals surface area contributed by atoms with Gasteiger partial charge in [-0.05, 0) is 44.0 Å². The standard InChI is InChI=1S/C16H17FN4O3/c1-16(15(23)24)7-2-8-20(10-16)14(22)13-9-18-21(19-13)12-5-3-11(17)4-6-12/h3-6,9H,2,7-8,10H2,1H3,(H,23,24). The summed E-state index contributed by atoms with van der Waals surface area (Å²) in [4.78, 5) is 26.7. The molecule has 126 valence electrons. The van der Waals surface area contributed by atoms with Crippen LogP contribution in [0, 0.1) is 11.2 Å². The van der Waals surface area contributed by atoms with Crippen molar-refractivity contribution < 1.29 is 19.1 Å². The predicted molar refractivity (Wildman–Crippen MR) is 82.2 cm³/mol. The van der Waals surface area contributed by atoms with Gasteiger partial charge in [-0.2, -0.15) is 9.90 Å². The van der Waals surface area contributed by atoms with Crippen LogP contribution in [0.3, 0.4) is 0 Å². The molecule has 1 atom stereocenters. The van der Waals surface area contributed by atoms with E-state index in [1.165, 1.54) is 40.2 Å². The fourth-order valence-corrected chi connectivity index (χ4v) is 2.81. The highest BCUT2D eigenvalue weighted by molar-refractivity contribution is 5.92. The Kier molecular flexibility index (Phi) is 4.04. The summed E-state index contributed by atoms with van der Waals surface area (Å²) in [6.07, 6.45) is 2.49.